The first kappa shape index (κ1) is 17.7. The number of amides is 1. The largest absolute Gasteiger partial charge is 0.497 e. The Bertz CT molecular complexity index is 1130. The van der Waals surface area contributed by atoms with Crippen molar-refractivity contribution in [2.24, 2.45) is 0 Å². The summed E-state index contributed by atoms with van der Waals surface area (Å²) in [4.78, 5) is 20.1. The van der Waals surface area contributed by atoms with Crippen LogP contribution in [0.5, 0.6) is 5.75 Å². The Morgan fingerprint density at radius 3 is 2.64 bits per heavy atom. The lowest BCUT2D eigenvalue weighted by atomic mass is 9.97. The van der Waals surface area contributed by atoms with Crippen LogP contribution in [0.1, 0.15) is 27.5 Å². The number of hydrogen-bond acceptors (Lipinski definition) is 3. The summed E-state index contributed by atoms with van der Waals surface area (Å²) in [6.07, 6.45) is 1.62. The Hall–Kier alpha value is -3.67. The molecule has 0 spiro atoms. The molecule has 6 heteroatoms. The predicted molar refractivity (Wildman–Crippen MR) is 105 cm³/mol. The zero-order chi connectivity index (χ0) is 19.5. The summed E-state index contributed by atoms with van der Waals surface area (Å²) in [6.45, 7) is 0. The number of methoxy groups -OCH3 is 1. The lowest BCUT2D eigenvalue weighted by Gasteiger charge is -2.20. The molecule has 1 heterocycles. The lowest BCUT2D eigenvalue weighted by Crippen LogP contribution is -2.30. The molecule has 4 rings (SSSR count). The van der Waals surface area contributed by atoms with Crippen LogP contribution in [0, 0.1) is 5.82 Å². The minimum absolute atomic E-state index is 0.0376. The number of hydrogen-bond donors (Lipinski definition) is 2. The van der Waals surface area contributed by atoms with E-state index < -0.39 is 17.8 Å². The second-order valence-electron chi connectivity index (χ2n) is 6.34. The summed E-state index contributed by atoms with van der Waals surface area (Å²) in [6, 6.07) is 19.0. The second kappa shape index (κ2) is 7.52. The molecule has 0 fully saturated rings. The van der Waals surface area contributed by atoms with Gasteiger partial charge in [-0.25, -0.2) is 9.37 Å². The number of rotatable bonds is 5. The van der Waals surface area contributed by atoms with E-state index >= 15 is 0 Å². The first-order valence-electron chi connectivity index (χ1n) is 8.78. The van der Waals surface area contributed by atoms with Crippen molar-refractivity contribution >= 4 is 16.9 Å². The quantitative estimate of drug-likeness (QED) is 0.549. The maximum Gasteiger partial charge on any atom is 0.255 e. The third-order valence-electron chi connectivity index (χ3n) is 4.61. The Kier molecular flexibility index (Phi) is 4.76. The summed E-state index contributed by atoms with van der Waals surface area (Å²) in [5, 5.41) is 2.95. The van der Waals surface area contributed by atoms with E-state index in [4.69, 9.17) is 4.74 Å². The van der Waals surface area contributed by atoms with Crippen molar-refractivity contribution < 1.29 is 13.9 Å². The molecule has 4 aromatic rings. The van der Waals surface area contributed by atoms with Crippen LogP contribution in [-0.4, -0.2) is 23.0 Å². The van der Waals surface area contributed by atoms with Gasteiger partial charge in [0.05, 0.1) is 36.1 Å². The van der Waals surface area contributed by atoms with Crippen molar-refractivity contribution in [1.29, 1.82) is 0 Å². The number of imidazole rings is 1. The molecule has 0 radical (unpaired) electrons. The first-order chi connectivity index (χ1) is 13.7. The maximum absolute atomic E-state index is 14.4. The van der Waals surface area contributed by atoms with Crippen LogP contribution in [0.2, 0.25) is 0 Å². The summed E-state index contributed by atoms with van der Waals surface area (Å²) in [5.74, 6) is -0.773. The van der Waals surface area contributed by atoms with Crippen molar-refractivity contribution in [2.45, 2.75) is 6.04 Å². The number of carbonyl (C=O) groups is 1. The maximum atomic E-state index is 14.4. The number of fused-ring (bicyclic) bond motifs is 1. The smallest absolute Gasteiger partial charge is 0.255 e. The molecule has 0 aliphatic heterocycles. The number of aromatic amines is 1. The highest BCUT2D eigenvalue weighted by molar-refractivity contribution is 5.95. The van der Waals surface area contributed by atoms with Crippen LogP contribution in [0.15, 0.2) is 73.1 Å². The minimum atomic E-state index is -0.632. The van der Waals surface area contributed by atoms with Gasteiger partial charge in [-0.15, -0.1) is 0 Å². The van der Waals surface area contributed by atoms with E-state index in [1.165, 1.54) is 19.2 Å². The fourth-order valence-electron chi connectivity index (χ4n) is 3.15. The monoisotopic (exact) mass is 375 g/mol. The molecule has 1 amide bonds. The zero-order valence-electron chi connectivity index (χ0n) is 15.1. The molecule has 3 aromatic carbocycles. The van der Waals surface area contributed by atoms with Crippen LogP contribution in [-0.2, 0) is 0 Å². The fraction of sp³-hybridized carbons (Fsp3) is 0.0909. The standard InChI is InChI=1S/C22H18FN3O2/c1-28-16-8-9-17(18(23)12-16)22(27)26-21(14-5-3-2-4-6-14)15-7-10-19-20(11-15)25-13-24-19/h2-13,21H,1H3,(H,24,25)(H,26,27). The molecule has 2 N–H and O–H groups in total. The van der Waals surface area contributed by atoms with E-state index in [0.717, 1.165) is 22.2 Å². The van der Waals surface area contributed by atoms with E-state index in [0.29, 0.717) is 5.75 Å². The highest BCUT2D eigenvalue weighted by atomic mass is 19.1. The van der Waals surface area contributed by atoms with Crippen molar-refractivity contribution in [3.8, 4) is 5.75 Å². The van der Waals surface area contributed by atoms with Crippen LogP contribution in [0.4, 0.5) is 4.39 Å². The number of benzene rings is 3. The third-order valence-corrected chi connectivity index (χ3v) is 4.61. The molecule has 1 aromatic heterocycles. The molecule has 0 saturated heterocycles. The Morgan fingerprint density at radius 1 is 1.07 bits per heavy atom. The lowest BCUT2D eigenvalue weighted by molar-refractivity contribution is 0.0939. The molecule has 1 unspecified atom stereocenters. The van der Waals surface area contributed by atoms with Crippen molar-refractivity contribution in [3.05, 3.63) is 95.6 Å². The second-order valence-corrected chi connectivity index (χ2v) is 6.34. The van der Waals surface area contributed by atoms with Crippen LogP contribution in [0.3, 0.4) is 0 Å². The average Bonchev–Trinajstić information content (AvgIpc) is 3.20. The Morgan fingerprint density at radius 2 is 1.89 bits per heavy atom. The van der Waals surface area contributed by atoms with Gasteiger partial charge < -0.3 is 15.0 Å². The number of ether oxygens (including phenoxy) is 1. The number of nitrogens with zero attached hydrogens (tertiary/aromatic N) is 1. The molecule has 0 aliphatic carbocycles. The molecule has 140 valence electrons. The van der Waals surface area contributed by atoms with Gasteiger partial charge in [0.25, 0.3) is 5.91 Å². The number of carbonyl (C=O) groups excluding carboxylic acids is 1. The summed E-state index contributed by atoms with van der Waals surface area (Å²) in [7, 11) is 1.45. The van der Waals surface area contributed by atoms with Gasteiger partial charge in [-0.2, -0.15) is 0 Å². The molecule has 0 aliphatic rings. The number of halogens is 1. The van der Waals surface area contributed by atoms with Crippen LogP contribution < -0.4 is 10.1 Å². The molecule has 0 bridgehead atoms. The molecule has 0 saturated carbocycles. The molecule has 5 nitrogen and oxygen atoms in total. The molecule has 28 heavy (non-hydrogen) atoms. The van der Waals surface area contributed by atoms with Gasteiger partial charge in [0.15, 0.2) is 0 Å². The summed E-state index contributed by atoms with van der Waals surface area (Å²) >= 11 is 0. The molecule has 1 atom stereocenters. The van der Waals surface area contributed by atoms with Gasteiger partial charge in [-0.1, -0.05) is 36.4 Å². The molecular weight excluding hydrogens is 357 g/mol. The highest BCUT2D eigenvalue weighted by Gasteiger charge is 2.20. The number of aromatic nitrogens is 2. The topological polar surface area (TPSA) is 67.0 Å². The highest BCUT2D eigenvalue weighted by Crippen LogP contribution is 2.26. The normalized spacial score (nSPS) is 11.9. The number of nitrogens with one attached hydrogen (secondary N) is 2. The fourth-order valence-corrected chi connectivity index (χ4v) is 3.15. The predicted octanol–water partition coefficient (Wildman–Crippen LogP) is 4.23. The third kappa shape index (κ3) is 3.44. The summed E-state index contributed by atoms with van der Waals surface area (Å²) in [5.41, 5.74) is 3.42. The van der Waals surface area contributed by atoms with Crippen molar-refractivity contribution in [1.82, 2.24) is 15.3 Å². The molecular formula is C22H18FN3O2. The van der Waals surface area contributed by atoms with E-state index in [1.807, 2.05) is 48.5 Å². The average molecular weight is 375 g/mol. The van der Waals surface area contributed by atoms with Gasteiger partial charge in [0.2, 0.25) is 0 Å². The van der Waals surface area contributed by atoms with Gasteiger partial charge in [0.1, 0.15) is 11.6 Å². The zero-order valence-corrected chi connectivity index (χ0v) is 15.1. The number of H-pyrrole nitrogens is 1. The Balaban J connectivity index is 1.71. The summed E-state index contributed by atoms with van der Waals surface area (Å²) < 4.78 is 19.4. The first-order valence-corrected chi connectivity index (χ1v) is 8.78. The van der Waals surface area contributed by atoms with E-state index in [-0.39, 0.29) is 5.56 Å². The van der Waals surface area contributed by atoms with Gasteiger partial charge in [0, 0.05) is 6.07 Å². The Labute approximate surface area is 161 Å². The SMILES string of the molecule is COc1ccc(C(=O)NC(c2ccccc2)c2ccc3nc[nH]c3c2)c(F)c1. The van der Waals surface area contributed by atoms with Gasteiger partial charge in [-0.05, 0) is 35.4 Å². The van der Waals surface area contributed by atoms with E-state index in [2.05, 4.69) is 15.3 Å². The van der Waals surface area contributed by atoms with Gasteiger partial charge >= 0.3 is 0 Å². The van der Waals surface area contributed by atoms with Crippen LogP contribution in [0.25, 0.3) is 11.0 Å². The van der Waals surface area contributed by atoms with Gasteiger partial charge in [-0.3, -0.25) is 4.79 Å². The minimum Gasteiger partial charge on any atom is -0.497 e. The van der Waals surface area contributed by atoms with E-state index in [9.17, 15) is 9.18 Å². The van der Waals surface area contributed by atoms with Crippen LogP contribution >= 0.6 is 0 Å². The van der Waals surface area contributed by atoms with E-state index in [1.54, 1.807) is 12.4 Å². The van der Waals surface area contributed by atoms with Crippen molar-refractivity contribution in [3.63, 3.8) is 0 Å². The van der Waals surface area contributed by atoms with Crippen molar-refractivity contribution in [2.75, 3.05) is 7.11 Å².